The minimum absolute atomic E-state index is 0.928. The molecular formula is C16H24N2. The maximum absolute atomic E-state index is 2.63. The first-order valence-corrected chi connectivity index (χ1v) is 7.33. The summed E-state index contributed by atoms with van der Waals surface area (Å²) in [5, 5.41) is 0. The lowest BCUT2D eigenvalue weighted by atomic mass is 9.93. The van der Waals surface area contributed by atoms with Gasteiger partial charge in [-0.3, -0.25) is 0 Å². The molecule has 1 aromatic rings. The highest BCUT2D eigenvalue weighted by Gasteiger charge is 2.27. The zero-order valence-corrected chi connectivity index (χ0v) is 11.4. The minimum atomic E-state index is 0.928. The normalized spacial score (nSPS) is 23.1. The van der Waals surface area contributed by atoms with Gasteiger partial charge in [0.15, 0.2) is 0 Å². The van der Waals surface area contributed by atoms with Crippen LogP contribution in [-0.2, 0) is 0 Å². The Hall–Kier alpha value is -1.02. The molecule has 0 N–H and O–H groups in total. The number of benzene rings is 1. The first kappa shape index (κ1) is 12.0. The van der Waals surface area contributed by atoms with Gasteiger partial charge in [0.25, 0.3) is 0 Å². The van der Waals surface area contributed by atoms with Crippen LogP contribution in [0.1, 0.15) is 19.8 Å². The first-order valence-electron chi connectivity index (χ1n) is 7.33. The summed E-state index contributed by atoms with van der Waals surface area (Å²) in [4.78, 5) is 5.17. The molecule has 2 fully saturated rings. The lowest BCUT2D eigenvalue weighted by Crippen LogP contribution is -2.48. The van der Waals surface area contributed by atoms with Crippen molar-refractivity contribution in [1.82, 2.24) is 4.90 Å². The van der Waals surface area contributed by atoms with Gasteiger partial charge in [-0.1, -0.05) is 25.1 Å². The summed E-state index contributed by atoms with van der Waals surface area (Å²) in [6.45, 7) is 8.83. The smallest absolute Gasteiger partial charge is 0.0366 e. The molecule has 18 heavy (non-hydrogen) atoms. The van der Waals surface area contributed by atoms with Gasteiger partial charge >= 0.3 is 0 Å². The molecule has 1 aromatic carbocycles. The topological polar surface area (TPSA) is 6.48 Å². The molecule has 0 saturated carbocycles. The SMILES string of the molecule is CC1CN(CC2CCN(c3ccccc3)CC2)C1. The van der Waals surface area contributed by atoms with Crippen molar-refractivity contribution in [2.24, 2.45) is 11.8 Å². The van der Waals surface area contributed by atoms with Crippen LogP contribution in [0.2, 0.25) is 0 Å². The molecule has 2 nitrogen and oxygen atoms in total. The quantitative estimate of drug-likeness (QED) is 0.806. The van der Waals surface area contributed by atoms with Gasteiger partial charge in [0.05, 0.1) is 0 Å². The van der Waals surface area contributed by atoms with Crippen molar-refractivity contribution in [1.29, 1.82) is 0 Å². The van der Waals surface area contributed by atoms with Crippen molar-refractivity contribution < 1.29 is 0 Å². The van der Waals surface area contributed by atoms with E-state index in [1.165, 1.54) is 51.3 Å². The molecule has 0 amide bonds. The number of hydrogen-bond acceptors (Lipinski definition) is 2. The molecule has 0 atom stereocenters. The molecule has 2 aliphatic heterocycles. The zero-order valence-electron chi connectivity index (χ0n) is 11.4. The summed E-state index contributed by atoms with van der Waals surface area (Å²) in [5.41, 5.74) is 1.40. The van der Waals surface area contributed by atoms with E-state index in [1.807, 2.05) is 0 Å². The highest BCUT2D eigenvalue weighted by molar-refractivity contribution is 5.46. The van der Waals surface area contributed by atoms with Crippen molar-refractivity contribution in [3.8, 4) is 0 Å². The lowest BCUT2D eigenvalue weighted by Gasteiger charge is -2.42. The Morgan fingerprint density at radius 1 is 1.06 bits per heavy atom. The number of para-hydroxylation sites is 1. The van der Waals surface area contributed by atoms with Crippen LogP contribution in [0.3, 0.4) is 0 Å². The number of anilines is 1. The van der Waals surface area contributed by atoms with E-state index in [1.54, 1.807) is 0 Å². The van der Waals surface area contributed by atoms with E-state index in [4.69, 9.17) is 0 Å². The Balaban J connectivity index is 1.46. The predicted octanol–water partition coefficient (Wildman–Crippen LogP) is 2.85. The van der Waals surface area contributed by atoms with Crippen LogP contribution in [0, 0.1) is 11.8 Å². The number of piperidine rings is 1. The molecule has 0 spiro atoms. The molecule has 2 heterocycles. The molecule has 0 aromatic heterocycles. The summed E-state index contributed by atoms with van der Waals surface area (Å²) >= 11 is 0. The average molecular weight is 244 g/mol. The van der Waals surface area contributed by atoms with Crippen LogP contribution in [0.25, 0.3) is 0 Å². The van der Waals surface area contributed by atoms with Crippen molar-refractivity contribution in [2.75, 3.05) is 37.6 Å². The lowest BCUT2D eigenvalue weighted by molar-refractivity contribution is 0.0865. The molecule has 0 bridgehead atoms. The fourth-order valence-electron chi connectivity index (χ4n) is 3.35. The van der Waals surface area contributed by atoms with Crippen molar-refractivity contribution in [3.63, 3.8) is 0 Å². The van der Waals surface area contributed by atoms with Gasteiger partial charge in [0.2, 0.25) is 0 Å². The van der Waals surface area contributed by atoms with Crippen LogP contribution in [0.5, 0.6) is 0 Å². The van der Waals surface area contributed by atoms with E-state index in [0.29, 0.717) is 0 Å². The largest absolute Gasteiger partial charge is 0.372 e. The van der Waals surface area contributed by atoms with Gasteiger partial charge in [-0.25, -0.2) is 0 Å². The Labute approximate surface area is 111 Å². The van der Waals surface area contributed by atoms with E-state index in [0.717, 1.165) is 11.8 Å². The highest BCUT2D eigenvalue weighted by atomic mass is 15.2. The predicted molar refractivity (Wildman–Crippen MR) is 77.0 cm³/mol. The Kier molecular flexibility index (Phi) is 3.55. The monoisotopic (exact) mass is 244 g/mol. The summed E-state index contributed by atoms with van der Waals surface area (Å²) < 4.78 is 0. The molecule has 3 rings (SSSR count). The molecule has 98 valence electrons. The van der Waals surface area contributed by atoms with Crippen molar-refractivity contribution in [2.45, 2.75) is 19.8 Å². The summed E-state index contributed by atoms with van der Waals surface area (Å²) in [6.07, 6.45) is 2.72. The second kappa shape index (κ2) is 5.31. The molecule has 0 aliphatic carbocycles. The molecule has 0 radical (unpaired) electrons. The average Bonchev–Trinajstić information content (AvgIpc) is 2.39. The Bertz CT molecular complexity index is 362. The van der Waals surface area contributed by atoms with E-state index >= 15 is 0 Å². The standard InChI is InChI=1S/C16H24N2/c1-14-11-17(12-14)13-15-7-9-18(10-8-15)16-5-3-2-4-6-16/h2-6,14-15H,7-13H2,1H3. The van der Waals surface area contributed by atoms with Gasteiger partial charge < -0.3 is 9.80 Å². The summed E-state index contributed by atoms with van der Waals surface area (Å²) in [5.74, 6) is 1.87. The third kappa shape index (κ3) is 2.69. The number of hydrogen-bond donors (Lipinski definition) is 0. The molecule has 2 heteroatoms. The van der Waals surface area contributed by atoms with Crippen molar-refractivity contribution >= 4 is 5.69 Å². The fraction of sp³-hybridized carbons (Fsp3) is 0.625. The highest BCUT2D eigenvalue weighted by Crippen LogP contribution is 2.25. The van der Waals surface area contributed by atoms with Crippen LogP contribution in [0.15, 0.2) is 30.3 Å². The van der Waals surface area contributed by atoms with Crippen LogP contribution >= 0.6 is 0 Å². The third-order valence-corrected chi connectivity index (χ3v) is 4.39. The maximum Gasteiger partial charge on any atom is 0.0366 e. The maximum atomic E-state index is 2.63. The number of nitrogens with zero attached hydrogens (tertiary/aromatic N) is 2. The van der Waals surface area contributed by atoms with E-state index < -0.39 is 0 Å². The van der Waals surface area contributed by atoms with Gasteiger partial charge in [0, 0.05) is 38.4 Å². The third-order valence-electron chi connectivity index (χ3n) is 4.39. The minimum Gasteiger partial charge on any atom is -0.372 e. The number of rotatable bonds is 3. The van der Waals surface area contributed by atoms with Crippen LogP contribution in [0.4, 0.5) is 5.69 Å². The zero-order chi connectivity index (χ0) is 12.4. The second-order valence-electron chi connectivity index (χ2n) is 6.09. The fourth-order valence-corrected chi connectivity index (χ4v) is 3.35. The van der Waals surface area contributed by atoms with Crippen LogP contribution in [-0.4, -0.2) is 37.6 Å². The Morgan fingerprint density at radius 3 is 2.33 bits per heavy atom. The van der Waals surface area contributed by atoms with Gasteiger partial charge in [0.1, 0.15) is 0 Å². The van der Waals surface area contributed by atoms with E-state index in [-0.39, 0.29) is 0 Å². The summed E-state index contributed by atoms with van der Waals surface area (Å²) in [6, 6.07) is 10.8. The summed E-state index contributed by atoms with van der Waals surface area (Å²) in [7, 11) is 0. The second-order valence-corrected chi connectivity index (χ2v) is 6.09. The molecule has 2 aliphatic rings. The van der Waals surface area contributed by atoms with Gasteiger partial charge in [-0.05, 0) is 36.8 Å². The van der Waals surface area contributed by atoms with Gasteiger partial charge in [-0.15, -0.1) is 0 Å². The molecule has 2 saturated heterocycles. The Morgan fingerprint density at radius 2 is 1.72 bits per heavy atom. The van der Waals surface area contributed by atoms with Crippen molar-refractivity contribution in [3.05, 3.63) is 30.3 Å². The number of likely N-dealkylation sites (tertiary alicyclic amines) is 1. The van der Waals surface area contributed by atoms with Crippen LogP contribution < -0.4 is 4.90 Å². The molecule has 0 unspecified atom stereocenters. The van der Waals surface area contributed by atoms with Gasteiger partial charge in [-0.2, -0.15) is 0 Å². The molecular weight excluding hydrogens is 220 g/mol. The van der Waals surface area contributed by atoms with E-state index in [2.05, 4.69) is 47.1 Å². The first-order chi connectivity index (χ1) is 8.81. The van der Waals surface area contributed by atoms with E-state index in [9.17, 15) is 0 Å².